The normalized spacial score (nSPS) is 15.3. The maximum Gasteiger partial charge on any atom is 0.268 e. The third-order valence-corrected chi connectivity index (χ3v) is 8.73. The SMILES string of the molecule is CCCCC/C=C/C/C=C/CCCCCCCC(=O)N[C@@H](COP(=O)([O-])OCC[N+](C)(C)C)[C@H](O)/C=C/CC/C=C/CCCCCC. The van der Waals surface area contributed by atoms with E-state index in [4.69, 9.17) is 9.05 Å². The summed E-state index contributed by atoms with van der Waals surface area (Å²) in [4.78, 5) is 25.1. The minimum atomic E-state index is -4.59. The van der Waals surface area contributed by atoms with Crippen molar-refractivity contribution < 1.29 is 32.9 Å². The maximum atomic E-state index is 12.7. The number of aliphatic hydroxyl groups is 1. The first-order valence-corrected chi connectivity index (χ1v) is 20.0. The zero-order chi connectivity index (χ0) is 35.1. The van der Waals surface area contributed by atoms with E-state index in [9.17, 15) is 19.4 Å². The fraction of sp³-hybridized carbons (Fsp3) is 0.763. The Kier molecular flexibility index (Phi) is 29.5. The molecule has 9 heteroatoms. The number of nitrogens with zero attached hydrogens (tertiary/aromatic N) is 1. The topological polar surface area (TPSA) is 108 Å². The van der Waals surface area contributed by atoms with Crippen LogP contribution in [0.4, 0.5) is 0 Å². The highest BCUT2D eigenvalue weighted by Gasteiger charge is 2.23. The lowest BCUT2D eigenvalue weighted by atomic mass is 10.1. The van der Waals surface area contributed by atoms with E-state index in [1.807, 2.05) is 27.2 Å². The Balaban J connectivity index is 4.60. The smallest absolute Gasteiger partial charge is 0.268 e. The van der Waals surface area contributed by atoms with Gasteiger partial charge in [0.2, 0.25) is 5.91 Å². The van der Waals surface area contributed by atoms with Gasteiger partial charge >= 0.3 is 0 Å². The van der Waals surface area contributed by atoms with Gasteiger partial charge in [-0.1, -0.05) is 114 Å². The molecule has 0 aromatic rings. The Labute approximate surface area is 289 Å². The maximum absolute atomic E-state index is 12.7. The molecule has 0 rings (SSSR count). The van der Waals surface area contributed by atoms with Crippen molar-refractivity contribution in [2.24, 2.45) is 0 Å². The average molecular weight is 683 g/mol. The standard InChI is InChI=1S/C38H71N2O6P/c1-6-8-10-12-14-16-18-19-20-21-22-24-26-28-30-32-38(42)39-36(35-46-47(43,44)45-34-33-40(3,4)5)37(41)31-29-27-25-23-17-15-13-11-9-7-2/h14,16-17,19-20,23,29,31,36-37,41H,6-13,15,18,21-22,24-28,30,32-35H2,1-5H3,(H-,39,42,43,44)/b16-14+,20-19+,23-17+,31-29+/t36-,37+/m0/s1. The van der Waals surface area contributed by atoms with E-state index in [-0.39, 0.29) is 12.5 Å². The van der Waals surface area contributed by atoms with Crippen LogP contribution in [-0.4, -0.2) is 68.5 Å². The predicted octanol–water partition coefficient (Wildman–Crippen LogP) is 8.72. The lowest BCUT2D eigenvalue weighted by molar-refractivity contribution is -0.870. The second-order valence-corrected chi connectivity index (χ2v) is 15.0. The highest BCUT2D eigenvalue weighted by Crippen LogP contribution is 2.38. The third kappa shape index (κ3) is 32.8. The number of likely N-dealkylation sites (N-methyl/N-ethyl adjacent to an activating group) is 1. The number of hydrogen-bond donors (Lipinski definition) is 2. The molecule has 0 aromatic heterocycles. The van der Waals surface area contributed by atoms with Crippen LogP contribution in [0.1, 0.15) is 136 Å². The Morgan fingerprint density at radius 2 is 1.26 bits per heavy atom. The van der Waals surface area contributed by atoms with Gasteiger partial charge in [0, 0.05) is 6.42 Å². The number of rotatable bonds is 32. The van der Waals surface area contributed by atoms with E-state index >= 15 is 0 Å². The lowest BCUT2D eigenvalue weighted by Gasteiger charge is -2.29. The summed E-state index contributed by atoms with van der Waals surface area (Å²) >= 11 is 0. The molecule has 0 saturated carbocycles. The molecule has 0 heterocycles. The molecule has 1 unspecified atom stereocenters. The van der Waals surface area contributed by atoms with Gasteiger partial charge in [-0.05, 0) is 64.2 Å². The van der Waals surface area contributed by atoms with Crippen LogP contribution in [-0.2, 0) is 18.4 Å². The van der Waals surface area contributed by atoms with Gasteiger partial charge in [0.05, 0.1) is 39.9 Å². The lowest BCUT2D eigenvalue weighted by Crippen LogP contribution is -2.45. The summed E-state index contributed by atoms with van der Waals surface area (Å²) in [6.45, 7) is 4.51. The van der Waals surface area contributed by atoms with Crippen molar-refractivity contribution in [1.29, 1.82) is 0 Å². The monoisotopic (exact) mass is 683 g/mol. The second kappa shape index (κ2) is 30.5. The Bertz CT molecular complexity index is 912. The molecule has 1 amide bonds. The molecule has 0 saturated heterocycles. The largest absolute Gasteiger partial charge is 0.756 e. The predicted molar refractivity (Wildman–Crippen MR) is 196 cm³/mol. The van der Waals surface area contributed by atoms with Crippen LogP contribution < -0.4 is 10.2 Å². The first kappa shape index (κ1) is 45.5. The van der Waals surface area contributed by atoms with Crippen molar-refractivity contribution in [3.05, 3.63) is 48.6 Å². The molecule has 47 heavy (non-hydrogen) atoms. The van der Waals surface area contributed by atoms with Crippen LogP contribution >= 0.6 is 7.82 Å². The molecule has 0 aromatic carbocycles. The van der Waals surface area contributed by atoms with Gasteiger partial charge < -0.3 is 28.8 Å². The molecule has 0 fully saturated rings. The first-order valence-electron chi connectivity index (χ1n) is 18.5. The van der Waals surface area contributed by atoms with Gasteiger partial charge in [-0.15, -0.1) is 0 Å². The Morgan fingerprint density at radius 3 is 1.89 bits per heavy atom. The number of phosphoric acid groups is 1. The number of carbonyl (C=O) groups excluding carboxylic acids is 1. The van der Waals surface area contributed by atoms with E-state index in [1.54, 1.807) is 6.08 Å². The fourth-order valence-electron chi connectivity index (χ4n) is 4.72. The minimum Gasteiger partial charge on any atom is -0.756 e. The molecule has 0 aliphatic rings. The summed E-state index contributed by atoms with van der Waals surface area (Å²) in [7, 11) is 1.22. The zero-order valence-electron chi connectivity index (χ0n) is 30.7. The van der Waals surface area contributed by atoms with Crippen LogP contribution in [0, 0.1) is 0 Å². The van der Waals surface area contributed by atoms with E-state index in [0.717, 1.165) is 64.2 Å². The van der Waals surface area contributed by atoms with E-state index < -0.39 is 26.6 Å². The van der Waals surface area contributed by atoms with Gasteiger partial charge in [0.15, 0.2) is 0 Å². The second-order valence-electron chi connectivity index (χ2n) is 13.6. The first-order chi connectivity index (χ1) is 22.5. The van der Waals surface area contributed by atoms with Crippen molar-refractivity contribution >= 4 is 13.7 Å². The third-order valence-electron chi connectivity index (χ3n) is 7.76. The van der Waals surface area contributed by atoms with Crippen LogP contribution in [0.2, 0.25) is 0 Å². The highest BCUT2D eigenvalue weighted by molar-refractivity contribution is 7.45. The van der Waals surface area contributed by atoms with Gasteiger partial charge in [-0.3, -0.25) is 9.36 Å². The molecule has 0 bridgehead atoms. The molecule has 2 N–H and O–H groups in total. The quantitative estimate of drug-likeness (QED) is 0.0318. The van der Waals surface area contributed by atoms with E-state index in [1.165, 1.54) is 51.4 Å². The van der Waals surface area contributed by atoms with Crippen LogP contribution in [0.3, 0.4) is 0 Å². The number of amides is 1. The van der Waals surface area contributed by atoms with Crippen molar-refractivity contribution in [3.8, 4) is 0 Å². The highest BCUT2D eigenvalue weighted by atomic mass is 31.2. The number of carbonyl (C=O) groups is 1. The van der Waals surface area contributed by atoms with E-state index in [0.29, 0.717) is 17.4 Å². The summed E-state index contributed by atoms with van der Waals surface area (Å²) in [5.74, 6) is -0.227. The number of phosphoric ester groups is 1. The number of hydrogen-bond acceptors (Lipinski definition) is 6. The van der Waals surface area contributed by atoms with Crippen LogP contribution in [0.15, 0.2) is 48.6 Å². The summed E-state index contributed by atoms with van der Waals surface area (Å²) in [5.41, 5.74) is 0. The molecule has 0 radical (unpaired) electrons. The molecular weight excluding hydrogens is 611 g/mol. The Hall–Kier alpha value is -1.54. The van der Waals surface area contributed by atoms with Crippen LogP contribution in [0.5, 0.6) is 0 Å². The van der Waals surface area contributed by atoms with Crippen LogP contribution in [0.25, 0.3) is 0 Å². The molecule has 274 valence electrons. The number of unbranched alkanes of at least 4 members (excludes halogenated alkanes) is 13. The fourth-order valence-corrected chi connectivity index (χ4v) is 5.45. The van der Waals surface area contributed by atoms with Crippen molar-refractivity contribution in [3.63, 3.8) is 0 Å². The molecule has 0 aliphatic heterocycles. The zero-order valence-corrected chi connectivity index (χ0v) is 31.6. The van der Waals surface area contributed by atoms with Gasteiger partial charge in [0.1, 0.15) is 13.2 Å². The molecular formula is C38H71N2O6P. The number of aliphatic hydroxyl groups excluding tert-OH is 1. The number of nitrogens with one attached hydrogen (secondary N) is 1. The summed E-state index contributed by atoms with van der Waals surface area (Å²) < 4.78 is 23.0. The van der Waals surface area contributed by atoms with E-state index in [2.05, 4.69) is 55.6 Å². The number of allylic oxidation sites excluding steroid dienone is 7. The molecule has 0 aliphatic carbocycles. The van der Waals surface area contributed by atoms with Gasteiger partial charge in [-0.25, -0.2) is 0 Å². The molecule has 0 spiro atoms. The number of quaternary nitrogens is 1. The molecule has 8 nitrogen and oxygen atoms in total. The summed E-state index contributed by atoms with van der Waals surface area (Å²) in [6, 6.07) is -0.907. The average Bonchev–Trinajstić information content (AvgIpc) is 3.01. The molecule has 3 atom stereocenters. The minimum absolute atomic E-state index is 0.0112. The summed E-state index contributed by atoms with van der Waals surface area (Å²) in [6.07, 6.45) is 35.8. The van der Waals surface area contributed by atoms with Crippen molar-refractivity contribution in [1.82, 2.24) is 5.32 Å². The van der Waals surface area contributed by atoms with Crippen molar-refractivity contribution in [2.45, 2.75) is 148 Å². The Morgan fingerprint density at radius 1 is 0.745 bits per heavy atom. The summed E-state index contributed by atoms with van der Waals surface area (Å²) in [5, 5.41) is 13.6. The van der Waals surface area contributed by atoms with Gasteiger partial charge in [-0.2, -0.15) is 0 Å². The van der Waals surface area contributed by atoms with Gasteiger partial charge in [0.25, 0.3) is 7.82 Å². The van der Waals surface area contributed by atoms with Crippen molar-refractivity contribution in [2.75, 3.05) is 40.9 Å².